The third-order valence-electron chi connectivity index (χ3n) is 2.03. The van der Waals surface area contributed by atoms with Crippen LogP contribution in [0, 0.1) is 12.7 Å². The maximum atomic E-state index is 13.0. The Balaban J connectivity index is 2.95. The third-order valence-corrected chi connectivity index (χ3v) is 3.25. The van der Waals surface area contributed by atoms with Gasteiger partial charge >= 0.3 is 0 Å². The summed E-state index contributed by atoms with van der Waals surface area (Å²) in [7, 11) is 0. The molecular formula is C10H6BrClFN. The Morgan fingerprint density at radius 3 is 2.86 bits per heavy atom. The van der Waals surface area contributed by atoms with Crippen molar-refractivity contribution in [3.05, 3.63) is 39.2 Å². The van der Waals surface area contributed by atoms with Crippen molar-refractivity contribution in [1.82, 2.24) is 4.98 Å². The van der Waals surface area contributed by atoms with Gasteiger partial charge in [0.1, 0.15) is 5.82 Å². The van der Waals surface area contributed by atoms with Crippen LogP contribution in [0.3, 0.4) is 0 Å². The van der Waals surface area contributed by atoms with Crippen molar-refractivity contribution in [1.29, 1.82) is 0 Å². The molecule has 0 bridgehead atoms. The predicted molar refractivity (Wildman–Crippen MR) is 59.1 cm³/mol. The van der Waals surface area contributed by atoms with E-state index in [1.165, 1.54) is 12.1 Å². The summed E-state index contributed by atoms with van der Waals surface area (Å²) in [5.41, 5.74) is 1.37. The van der Waals surface area contributed by atoms with E-state index in [1.54, 1.807) is 6.20 Å². The summed E-state index contributed by atoms with van der Waals surface area (Å²) in [5, 5.41) is 1.37. The lowest BCUT2D eigenvalue weighted by molar-refractivity contribution is 0.628. The Morgan fingerprint density at radius 2 is 2.14 bits per heavy atom. The lowest BCUT2D eigenvalue weighted by atomic mass is 10.1. The molecule has 1 aromatic carbocycles. The van der Waals surface area contributed by atoms with Gasteiger partial charge < -0.3 is 0 Å². The van der Waals surface area contributed by atoms with Crippen LogP contribution >= 0.6 is 27.5 Å². The van der Waals surface area contributed by atoms with Crippen LogP contribution in [0.5, 0.6) is 0 Å². The number of nitrogens with zero attached hydrogens (tertiary/aromatic N) is 1. The fourth-order valence-corrected chi connectivity index (χ4v) is 2.01. The summed E-state index contributed by atoms with van der Waals surface area (Å²) in [6.07, 6.45) is 1.57. The van der Waals surface area contributed by atoms with E-state index in [4.69, 9.17) is 11.6 Å². The standard InChI is InChI=1S/C10H6BrClFN/c1-5-2-6(13)3-8-9(5)10(12)7(11)4-14-8/h2-4H,1H3. The number of benzene rings is 1. The van der Waals surface area contributed by atoms with Gasteiger partial charge in [0.15, 0.2) is 0 Å². The molecule has 0 spiro atoms. The number of halogens is 3. The number of rotatable bonds is 0. The van der Waals surface area contributed by atoms with Gasteiger partial charge in [0.2, 0.25) is 0 Å². The van der Waals surface area contributed by atoms with Gasteiger partial charge in [-0.1, -0.05) is 11.6 Å². The molecule has 0 aliphatic heterocycles. The molecule has 72 valence electrons. The molecule has 0 saturated carbocycles. The van der Waals surface area contributed by atoms with E-state index in [0.29, 0.717) is 10.5 Å². The normalized spacial score (nSPS) is 10.9. The van der Waals surface area contributed by atoms with Crippen molar-refractivity contribution in [3.63, 3.8) is 0 Å². The minimum absolute atomic E-state index is 0.291. The molecule has 0 amide bonds. The van der Waals surface area contributed by atoms with E-state index in [2.05, 4.69) is 20.9 Å². The highest BCUT2D eigenvalue weighted by Gasteiger charge is 2.08. The third kappa shape index (κ3) is 1.51. The summed E-state index contributed by atoms with van der Waals surface area (Å²) < 4.78 is 13.8. The molecule has 0 aliphatic rings. The molecular weight excluding hydrogens is 268 g/mol. The zero-order valence-corrected chi connectivity index (χ0v) is 9.66. The Hall–Kier alpha value is -0.670. The van der Waals surface area contributed by atoms with Crippen molar-refractivity contribution < 1.29 is 4.39 Å². The molecule has 0 unspecified atom stereocenters. The van der Waals surface area contributed by atoms with Crippen LogP contribution in [0.15, 0.2) is 22.8 Å². The first-order valence-corrected chi connectivity index (χ1v) is 5.16. The molecule has 4 heteroatoms. The van der Waals surface area contributed by atoms with Crippen molar-refractivity contribution in [2.75, 3.05) is 0 Å². The van der Waals surface area contributed by atoms with Gasteiger partial charge in [0.05, 0.1) is 15.0 Å². The molecule has 0 atom stereocenters. The van der Waals surface area contributed by atoms with Crippen LogP contribution in [-0.4, -0.2) is 4.98 Å². The molecule has 1 aromatic heterocycles. The summed E-state index contributed by atoms with van der Waals surface area (Å²) in [6.45, 7) is 1.81. The van der Waals surface area contributed by atoms with E-state index >= 15 is 0 Å². The maximum Gasteiger partial charge on any atom is 0.125 e. The number of hydrogen-bond donors (Lipinski definition) is 0. The molecule has 14 heavy (non-hydrogen) atoms. The average Bonchev–Trinajstić information content (AvgIpc) is 2.10. The quantitative estimate of drug-likeness (QED) is 0.705. The number of hydrogen-bond acceptors (Lipinski definition) is 1. The lowest BCUT2D eigenvalue weighted by Crippen LogP contribution is -1.87. The van der Waals surface area contributed by atoms with Gasteiger partial charge in [-0.3, -0.25) is 4.98 Å². The molecule has 0 fully saturated rings. The molecule has 0 N–H and O–H groups in total. The van der Waals surface area contributed by atoms with Crippen LogP contribution in [0.2, 0.25) is 5.02 Å². The van der Waals surface area contributed by atoms with Crippen molar-refractivity contribution in [2.24, 2.45) is 0 Å². The molecule has 1 heterocycles. The fraction of sp³-hybridized carbons (Fsp3) is 0.100. The van der Waals surface area contributed by atoms with Gasteiger partial charge in [-0.2, -0.15) is 0 Å². The zero-order valence-electron chi connectivity index (χ0n) is 7.31. The average molecular weight is 275 g/mol. The van der Waals surface area contributed by atoms with Crippen LogP contribution in [0.4, 0.5) is 4.39 Å². The minimum atomic E-state index is -0.291. The molecule has 2 rings (SSSR count). The van der Waals surface area contributed by atoms with Gasteiger partial charge in [-0.15, -0.1) is 0 Å². The van der Waals surface area contributed by atoms with E-state index < -0.39 is 0 Å². The number of aryl methyl sites for hydroxylation is 1. The Kier molecular flexibility index (Phi) is 2.45. The number of pyridine rings is 1. The molecule has 2 aromatic rings. The largest absolute Gasteiger partial charge is 0.255 e. The van der Waals surface area contributed by atoms with E-state index in [9.17, 15) is 4.39 Å². The monoisotopic (exact) mass is 273 g/mol. The van der Waals surface area contributed by atoms with Crippen LogP contribution < -0.4 is 0 Å². The SMILES string of the molecule is Cc1cc(F)cc2ncc(Br)c(Cl)c12. The van der Waals surface area contributed by atoms with Crippen molar-refractivity contribution in [2.45, 2.75) is 6.92 Å². The first kappa shape index (κ1) is 9.87. The van der Waals surface area contributed by atoms with Crippen LogP contribution in [0.1, 0.15) is 5.56 Å². The smallest absolute Gasteiger partial charge is 0.125 e. The first-order chi connectivity index (χ1) is 6.59. The highest BCUT2D eigenvalue weighted by atomic mass is 79.9. The van der Waals surface area contributed by atoms with Crippen molar-refractivity contribution >= 4 is 38.4 Å². The number of aromatic nitrogens is 1. The van der Waals surface area contributed by atoms with Gasteiger partial charge in [-0.05, 0) is 34.5 Å². The highest BCUT2D eigenvalue weighted by Crippen LogP contribution is 2.31. The second kappa shape index (κ2) is 3.48. The topological polar surface area (TPSA) is 12.9 Å². The van der Waals surface area contributed by atoms with E-state index in [1.807, 2.05) is 6.92 Å². The summed E-state index contributed by atoms with van der Waals surface area (Å²) >= 11 is 9.36. The summed E-state index contributed by atoms with van der Waals surface area (Å²) in [4.78, 5) is 4.09. The second-order valence-corrected chi connectivity index (χ2v) is 4.27. The molecule has 0 radical (unpaired) electrons. The van der Waals surface area contributed by atoms with Crippen molar-refractivity contribution in [3.8, 4) is 0 Å². The molecule has 1 nitrogen and oxygen atoms in total. The lowest BCUT2D eigenvalue weighted by Gasteiger charge is -2.05. The van der Waals surface area contributed by atoms with E-state index in [0.717, 1.165) is 15.4 Å². The van der Waals surface area contributed by atoms with Gasteiger partial charge in [-0.25, -0.2) is 4.39 Å². The minimum Gasteiger partial charge on any atom is -0.255 e. The van der Waals surface area contributed by atoms with Gasteiger partial charge in [0.25, 0.3) is 0 Å². The van der Waals surface area contributed by atoms with Gasteiger partial charge in [0, 0.05) is 17.6 Å². The fourth-order valence-electron chi connectivity index (χ4n) is 1.42. The maximum absolute atomic E-state index is 13.0. The van der Waals surface area contributed by atoms with Crippen LogP contribution in [0.25, 0.3) is 10.9 Å². The summed E-state index contributed by atoms with van der Waals surface area (Å²) in [6, 6.07) is 2.82. The second-order valence-electron chi connectivity index (χ2n) is 3.04. The molecule has 0 aliphatic carbocycles. The Labute approximate surface area is 94.0 Å². The van der Waals surface area contributed by atoms with Crippen LogP contribution in [-0.2, 0) is 0 Å². The predicted octanol–water partition coefficient (Wildman–Crippen LogP) is 4.10. The van der Waals surface area contributed by atoms with E-state index in [-0.39, 0.29) is 5.82 Å². The highest BCUT2D eigenvalue weighted by molar-refractivity contribution is 9.10. The Morgan fingerprint density at radius 1 is 1.43 bits per heavy atom. The first-order valence-electron chi connectivity index (χ1n) is 3.99. The number of fused-ring (bicyclic) bond motifs is 1. The molecule has 0 saturated heterocycles. The zero-order chi connectivity index (χ0) is 10.3. The Bertz CT molecular complexity index is 513. The summed E-state index contributed by atoms with van der Waals surface area (Å²) in [5.74, 6) is -0.291.